The first-order valence-electron chi connectivity index (χ1n) is 6.83. The molecular weight excluding hydrogens is 292 g/mol. The molecule has 114 valence electrons. The molecule has 0 fully saturated rings. The van der Waals surface area contributed by atoms with Gasteiger partial charge < -0.3 is 14.6 Å². The zero-order valence-electron chi connectivity index (χ0n) is 12.2. The van der Waals surface area contributed by atoms with Crippen LogP contribution in [0, 0.1) is 0 Å². The van der Waals surface area contributed by atoms with E-state index in [0.717, 1.165) is 16.9 Å². The van der Waals surface area contributed by atoms with E-state index in [9.17, 15) is 4.79 Å². The molecule has 1 amide bonds. The van der Waals surface area contributed by atoms with E-state index in [1.165, 1.54) is 0 Å². The van der Waals surface area contributed by atoms with Crippen LogP contribution in [0.4, 0.5) is 0 Å². The summed E-state index contributed by atoms with van der Waals surface area (Å²) in [6.45, 7) is 3.43. The maximum absolute atomic E-state index is 11.8. The van der Waals surface area contributed by atoms with Crippen LogP contribution >= 0.6 is 11.6 Å². The number of hydrogen-bond acceptors (Lipinski definition) is 4. The summed E-state index contributed by atoms with van der Waals surface area (Å²) in [5.41, 5.74) is 1.73. The van der Waals surface area contributed by atoms with Crippen LogP contribution in [-0.2, 0) is 16.1 Å². The number of aryl methyl sites for hydroxylation is 1. The number of carbonyl (C=O) groups is 1. The van der Waals surface area contributed by atoms with Crippen LogP contribution in [0.5, 0.6) is 0 Å². The van der Waals surface area contributed by atoms with E-state index in [1.807, 2.05) is 17.6 Å². The molecule has 0 radical (unpaired) electrons. The highest BCUT2D eigenvalue weighted by atomic mass is 35.5. The van der Waals surface area contributed by atoms with E-state index in [2.05, 4.69) is 15.3 Å². The average Bonchev–Trinajstić information content (AvgIpc) is 2.84. The molecule has 0 bridgehead atoms. The highest BCUT2D eigenvalue weighted by Gasteiger charge is 2.15. The lowest BCUT2D eigenvalue weighted by Gasteiger charge is -2.10. The van der Waals surface area contributed by atoms with E-state index in [4.69, 9.17) is 16.3 Å². The second-order valence-electron chi connectivity index (χ2n) is 4.69. The largest absolute Gasteiger partial charge is 0.383 e. The first-order valence-corrected chi connectivity index (χ1v) is 7.27. The van der Waals surface area contributed by atoms with Crippen LogP contribution in [0.15, 0.2) is 18.5 Å². The quantitative estimate of drug-likeness (QED) is 0.626. The Hall–Kier alpha value is -1.66. The number of aromatic nitrogens is 3. The predicted molar refractivity (Wildman–Crippen MR) is 81.3 cm³/mol. The van der Waals surface area contributed by atoms with Gasteiger partial charge in [0.1, 0.15) is 11.3 Å². The van der Waals surface area contributed by atoms with Gasteiger partial charge in [-0.3, -0.25) is 9.78 Å². The fraction of sp³-hybridized carbons (Fsp3) is 0.500. The number of nitrogens with one attached hydrogen (secondary N) is 1. The van der Waals surface area contributed by atoms with Crippen molar-refractivity contribution in [2.24, 2.45) is 0 Å². The van der Waals surface area contributed by atoms with Gasteiger partial charge in [-0.05, 0) is 13.0 Å². The summed E-state index contributed by atoms with van der Waals surface area (Å²) >= 11 is 6.18. The molecule has 2 aromatic rings. The Bertz CT molecular complexity index is 612. The lowest BCUT2D eigenvalue weighted by atomic mass is 10.3. The van der Waals surface area contributed by atoms with Crippen LogP contribution in [0.1, 0.15) is 24.5 Å². The minimum absolute atomic E-state index is 0.0175. The standard InChI is InChI=1S/C14H19ClN4O2/c1-10(15)14-18-11-9-16-5-3-12(11)19(14)7-4-13(20)17-6-8-21-2/h3,5,9-10H,4,6-8H2,1-2H3,(H,17,20). The average molecular weight is 311 g/mol. The molecule has 2 rings (SSSR count). The number of nitrogens with zero attached hydrogens (tertiary/aromatic N) is 3. The topological polar surface area (TPSA) is 69.0 Å². The van der Waals surface area contributed by atoms with E-state index in [-0.39, 0.29) is 11.3 Å². The normalized spacial score (nSPS) is 12.5. The number of alkyl halides is 1. The fourth-order valence-electron chi connectivity index (χ4n) is 2.13. The third-order valence-corrected chi connectivity index (χ3v) is 3.32. The van der Waals surface area contributed by atoms with Crippen molar-refractivity contribution in [3.63, 3.8) is 0 Å². The minimum Gasteiger partial charge on any atom is -0.383 e. The number of imidazole rings is 1. The lowest BCUT2D eigenvalue weighted by molar-refractivity contribution is -0.121. The maximum Gasteiger partial charge on any atom is 0.221 e. The Kier molecular flexibility index (Phi) is 5.52. The molecule has 0 aliphatic heterocycles. The number of methoxy groups -OCH3 is 1. The van der Waals surface area contributed by atoms with Crippen molar-refractivity contribution in [3.05, 3.63) is 24.3 Å². The van der Waals surface area contributed by atoms with E-state index >= 15 is 0 Å². The highest BCUT2D eigenvalue weighted by molar-refractivity contribution is 6.20. The Morgan fingerprint density at radius 2 is 2.38 bits per heavy atom. The van der Waals surface area contributed by atoms with Crippen molar-refractivity contribution in [3.8, 4) is 0 Å². The van der Waals surface area contributed by atoms with Gasteiger partial charge in [0.25, 0.3) is 0 Å². The maximum atomic E-state index is 11.8. The molecule has 1 unspecified atom stereocenters. The fourth-order valence-corrected chi connectivity index (χ4v) is 2.30. The van der Waals surface area contributed by atoms with E-state index in [0.29, 0.717) is 26.1 Å². The summed E-state index contributed by atoms with van der Waals surface area (Å²) in [5, 5.41) is 2.57. The summed E-state index contributed by atoms with van der Waals surface area (Å²) in [6, 6.07) is 1.88. The number of ether oxygens (including phenoxy) is 1. The Morgan fingerprint density at radius 1 is 1.57 bits per heavy atom. The van der Waals surface area contributed by atoms with Crippen molar-refractivity contribution in [2.75, 3.05) is 20.3 Å². The lowest BCUT2D eigenvalue weighted by Crippen LogP contribution is -2.27. The molecule has 0 spiro atoms. The molecule has 21 heavy (non-hydrogen) atoms. The van der Waals surface area contributed by atoms with Gasteiger partial charge in [0.2, 0.25) is 5.91 Å². The molecule has 1 atom stereocenters. The van der Waals surface area contributed by atoms with E-state index < -0.39 is 0 Å². The number of carbonyl (C=O) groups excluding carboxylic acids is 1. The minimum atomic E-state index is -0.228. The number of pyridine rings is 1. The second kappa shape index (κ2) is 7.38. The van der Waals surface area contributed by atoms with Crippen molar-refractivity contribution in [1.82, 2.24) is 19.9 Å². The van der Waals surface area contributed by atoms with Gasteiger partial charge in [0.05, 0.1) is 23.7 Å². The molecule has 0 saturated heterocycles. The Labute approximate surface area is 128 Å². The monoisotopic (exact) mass is 310 g/mol. The number of halogens is 1. The molecular formula is C14H19ClN4O2. The Balaban J connectivity index is 2.10. The van der Waals surface area contributed by atoms with Gasteiger partial charge in [-0.15, -0.1) is 11.6 Å². The van der Waals surface area contributed by atoms with Crippen LogP contribution in [0.3, 0.4) is 0 Å². The number of amides is 1. The summed E-state index contributed by atoms with van der Waals surface area (Å²) in [5.74, 6) is 0.737. The van der Waals surface area contributed by atoms with Crippen LogP contribution < -0.4 is 5.32 Å². The molecule has 0 aliphatic carbocycles. The second-order valence-corrected chi connectivity index (χ2v) is 5.35. The van der Waals surface area contributed by atoms with Gasteiger partial charge in [0, 0.05) is 32.8 Å². The van der Waals surface area contributed by atoms with Gasteiger partial charge in [0.15, 0.2) is 0 Å². The zero-order chi connectivity index (χ0) is 15.2. The SMILES string of the molecule is COCCNC(=O)CCn1c(C(C)Cl)nc2cnccc21. The first kappa shape index (κ1) is 15.7. The molecule has 7 heteroatoms. The zero-order valence-corrected chi connectivity index (χ0v) is 12.9. The summed E-state index contributed by atoms with van der Waals surface area (Å²) in [4.78, 5) is 20.3. The molecule has 6 nitrogen and oxygen atoms in total. The molecule has 1 N–H and O–H groups in total. The van der Waals surface area contributed by atoms with Crippen LogP contribution in [-0.4, -0.2) is 40.7 Å². The summed E-state index contributed by atoms with van der Waals surface area (Å²) in [6.07, 6.45) is 3.78. The van der Waals surface area contributed by atoms with Crippen molar-refractivity contribution >= 4 is 28.5 Å². The smallest absolute Gasteiger partial charge is 0.221 e. The summed E-state index contributed by atoms with van der Waals surface area (Å²) in [7, 11) is 1.60. The van der Waals surface area contributed by atoms with Crippen molar-refractivity contribution in [2.45, 2.75) is 25.3 Å². The number of fused-ring (bicyclic) bond motifs is 1. The van der Waals surface area contributed by atoms with Crippen molar-refractivity contribution in [1.29, 1.82) is 0 Å². The molecule has 0 aromatic carbocycles. The number of hydrogen-bond donors (Lipinski definition) is 1. The summed E-state index contributed by atoms with van der Waals surface area (Å²) < 4.78 is 6.87. The molecule has 0 aliphatic rings. The third-order valence-electron chi connectivity index (χ3n) is 3.13. The van der Waals surface area contributed by atoms with Crippen molar-refractivity contribution < 1.29 is 9.53 Å². The molecule has 0 saturated carbocycles. The van der Waals surface area contributed by atoms with Crippen LogP contribution in [0.2, 0.25) is 0 Å². The van der Waals surface area contributed by atoms with Crippen LogP contribution in [0.25, 0.3) is 11.0 Å². The number of rotatable bonds is 7. The van der Waals surface area contributed by atoms with Gasteiger partial charge in [-0.25, -0.2) is 4.98 Å². The highest BCUT2D eigenvalue weighted by Crippen LogP contribution is 2.24. The van der Waals surface area contributed by atoms with E-state index in [1.54, 1.807) is 19.5 Å². The van der Waals surface area contributed by atoms with Gasteiger partial charge in [-0.2, -0.15) is 0 Å². The predicted octanol–water partition coefficient (Wildman–Crippen LogP) is 1.88. The Morgan fingerprint density at radius 3 is 3.10 bits per heavy atom. The van der Waals surface area contributed by atoms with Gasteiger partial charge in [-0.1, -0.05) is 0 Å². The first-order chi connectivity index (χ1) is 10.1. The van der Waals surface area contributed by atoms with Gasteiger partial charge >= 0.3 is 0 Å². The molecule has 2 heterocycles. The molecule has 2 aromatic heterocycles. The third kappa shape index (κ3) is 3.92.